The molecular formula is C21H28F3N5O2. The Morgan fingerprint density at radius 3 is 2.74 bits per heavy atom. The van der Waals surface area contributed by atoms with Gasteiger partial charge in [-0.3, -0.25) is 4.98 Å². The second-order valence-electron chi connectivity index (χ2n) is 8.28. The Balaban J connectivity index is 1.46. The van der Waals surface area contributed by atoms with Crippen LogP contribution in [-0.4, -0.2) is 86.1 Å². The van der Waals surface area contributed by atoms with Gasteiger partial charge in [0.05, 0.1) is 36.8 Å². The topological polar surface area (TPSA) is 62.8 Å². The fourth-order valence-electron chi connectivity index (χ4n) is 4.27. The van der Waals surface area contributed by atoms with Crippen molar-refractivity contribution in [3.05, 3.63) is 30.2 Å². The molecule has 2 aliphatic heterocycles. The zero-order chi connectivity index (χ0) is 22.0. The number of nitrogens with one attached hydrogen (secondary N) is 1. The highest BCUT2D eigenvalue weighted by molar-refractivity contribution is 5.92. The van der Waals surface area contributed by atoms with Gasteiger partial charge in [-0.1, -0.05) is 0 Å². The molecule has 2 saturated heterocycles. The monoisotopic (exact) mass is 439 g/mol. The number of hydrogen-bond donors (Lipinski definition) is 1. The van der Waals surface area contributed by atoms with Crippen molar-refractivity contribution >= 4 is 16.6 Å². The summed E-state index contributed by atoms with van der Waals surface area (Å²) in [6, 6.07) is 3.31. The Kier molecular flexibility index (Phi) is 6.61. The van der Waals surface area contributed by atoms with Gasteiger partial charge >= 0.3 is 6.18 Å². The lowest BCUT2D eigenvalue weighted by Crippen LogP contribution is -2.52. The van der Waals surface area contributed by atoms with E-state index in [0.717, 1.165) is 26.2 Å². The van der Waals surface area contributed by atoms with Crippen LogP contribution >= 0.6 is 0 Å². The molecule has 7 nitrogen and oxygen atoms in total. The minimum atomic E-state index is -4.55. The van der Waals surface area contributed by atoms with Crippen LogP contribution in [0.1, 0.15) is 12.6 Å². The van der Waals surface area contributed by atoms with Gasteiger partial charge in [0.25, 0.3) is 0 Å². The molecule has 0 aromatic carbocycles. The molecule has 31 heavy (non-hydrogen) atoms. The maximum absolute atomic E-state index is 13.4. The highest BCUT2D eigenvalue weighted by Gasteiger charge is 2.36. The SMILES string of the molecule is C[C@@H]1CN(c2cnc(C(F)(F)F)c3ncccc23)C[C@H](CNC[C@@H]2CN(C)CCO2)O1. The summed E-state index contributed by atoms with van der Waals surface area (Å²) in [7, 11) is 2.08. The van der Waals surface area contributed by atoms with E-state index in [2.05, 4.69) is 27.2 Å². The van der Waals surface area contributed by atoms with E-state index < -0.39 is 11.9 Å². The van der Waals surface area contributed by atoms with Gasteiger partial charge in [0, 0.05) is 50.9 Å². The Morgan fingerprint density at radius 2 is 1.97 bits per heavy atom. The fourth-order valence-corrected chi connectivity index (χ4v) is 4.27. The van der Waals surface area contributed by atoms with Crippen molar-refractivity contribution in [3.8, 4) is 0 Å². The summed E-state index contributed by atoms with van der Waals surface area (Å²) in [6.45, 7) is 7.02. The first kappa shape index (κ1) is 22.2. The maximum Gasteiger partial charge on any atom is 0.435 e. The first-order valence-corrected chi connectivity index (χ1v) is 10.5. The Morgan fingerprint density at radius 1 is 1.16 bits per heavy atom. The van der Waals surface area contributed by atoms with Gasteiger partial charge < -0.3 is 24.6 Å². The van der Waals surface area contributed by atoms with Gasteiger partial charge in [0.15, 0.2) is 5.69 Å². The molecule has 0 radical (unpaired) electrons. The molecular weight excluding hydrogens is 411 g/mol. The number of fused-ring (bicyclic) bond motifs is 1. The van der Waals surface area contributed by atoms with Gasteiger partial charge in [-0.2, -0.15) is 13.2 Å². The molecule has 2 fully saturated rings. The first-order valence-electron chi connectivity index (χ1n) is 10.5. The highest BCUT2D eigenvalue weighted by atomic mass is 19.4. The van der Waals surface area contributed by atoms with Crippen LogP contribution in [0.15, 0.2) is 24.5 Å². The smallest absolute Gasteiger partial charge is 0.374 e. The van der Waals surface area contributed by atoms with Gasteiger partial charge in [0.1, 0.15) is 5.52 Å². The minimum absolute atomic E-state index is 0.0633. The number of nitrogens with zero attached hydrogens (tertiary/aromatic N) is 4. The third-order valence-electron chi connectivity index (χ3n) is 5.65. The molecule has 1 N–H and O–H groups in total. The molecule has 4 heterocycles. The van der Waals surface area contributed by atoms with E-state index in [1.807, 2.05) is 11.8 Å². The summed E-state index contributed by atoms with van der Waals surface area (Å²) in [5, 5.41) is 3.87. The maximum atomic E-state index is 13.4. The van der Waals surface area contributed by atoms with Crippen molar-refractivity contribution in [2.45, 2.75) is 31.4 Å². The molecule has 170 valence electrons. The van der Waals surface area contributed by atoms with E-state index in [0.29, 0.717) is 30.7 Å². The number of ether oxygens (including phenoxy) is 2. The lowest BCUT2D eigenvalue weighted by atomic mass is 10.1. The largest absolute Gasteiger partial charge is 0.435 e. The van der Waals surface area contributed by atoms with Crippen molar-refractivity contribution in [2.75, 3.05) is 57.8 Å². The standard InChI is InChI=1S/C21H28F3N5O2/c1-14-11-29(13-16(31-14)9-25-8-15-12-28(2)6-7-30-15)18-10-27-20(21(22,23)24)19-17(18)4-3-5-26-19/h3-5,10,14-16,25H,6-9,11-13H2,1-2H3/t14-,15-,16+/m1/s1. The zero-order valence-corrected chi connectivity index (χ0v) is 17.7. The number of pyridine rings is 2. The van der Waals surface area contributed by atoms with Crippen LogP contribution in [0.3, 0.4) is 0 Å². The fraction of sp³-hybridized carbons (Fsp3) is 0.619. The van der Waals surface area contributed by atoms with Crippen LogP contribution in [0.25, 0.3) is 10.9 Å². The molecule has 2 aliphatic rings. The van der Waals surface area contributed by atoms with Crippen LogP contribution in [0, 0.1) is 0 Å². The average molecular weight is 439 g/mol. The van der Waals surface area contributed by atoms with Gasteiger partial charge in [-0.15, -0.1) is 0 Å². The van der Waals surface area contributed by atoms with Crippen LogP contribution in [0.5, 0.6) is 0 Å². The summed E-state index contributed by atoms with van der Waals surface area (Å²) in [5.74, 6) is 0. The third kappa shape index (κ3) is 5.25. The Bertz CT molecular complexity index is 897. The lowest BCUT2D eigenvalue weighted by Gasteiger charge is -2.39. The Labute approximate surface area is 179 Å². The van der Waals surface area contributed by atoms with E-state index in [-0.39, 0.29) is 23.8 Å². The molecule has 0 unspecified atom stereocenters. The summed E-state index contributed by atoms with van der Waals surface area (Å²) < 4.78 is 52.0. The molecule has 0 spiro atoms. The predicted molar refractivity (Wildman–Crippen MR) is 111 cm³/mol. The second kappa shape index (κ2) is 9.23. The summed E-state index contributed by atoms with van der Waals surface area (Å²) >= 11 is 0. The summed E-state index contributed by atoms with van der Waals surface area (Å²) in [6.07, 6.45) is -1.90. The molecule has 0 amide bonds. The third-order valence-corrected chi connectivity index (χ3v) is 5.65. The van der Waals surface area contributed by atoms with Crippen LogP contribution in [0.4, 0.5) is 18.9 Å². The lowest BCUT2D eigenvalue weighted by molar-refractivity contribution is -0.139. The molecule has 3 atom stereocenters. The number of alkyl halides is 3. The molecule has 10 heteroatoms. The van der Waals surface area contributed by atoms with Crippen molar-refractivity contribution in [3.63, 3.8) is 0 Å². The quantitative estimate of drug-likeness (QED) is 0.766. The molecule has 2 aromatic heterocycles. The van der Waals surface area contributed by atoms with Crippen LogP contribution < -0.4 is 10.2 Å². The van der Waals surface area contributed by atoms with E-state index in [9.17, 15) is 13.2 Å². The number of hydrogen-bond acceptors (Lipinski definition) is 7. The number of aromatic nitrogens is 2. The normalized spacial score (nSPS) is 25.8. The van der Waals surface area contributed by atoms with E-state index in [4.69, 9.17) is 9.47 Å². The van der Waals surface area contributed by atoms with Crippen molar-refractivity contribution < 1.29 is 22.6 Å². The average Bonchev–Trinajstić information content (AvgIpc) is 2.72. The van der Waals surface area contributed by atoms with Crippen LogP contribution in [0.2, 0.25) is 0 Å². The number of rotatable bonds is 5. The number of halogens is 3. The predicted octanol–water partition coefficient (Wildman–Crippen LogP) is 2.16. The molecule has 0 aliphatic carbocycles. The van der Waals surface area contributed by atoms with Gasteiger partial charge in [-0.25, -0.2) is 4.98 Å². The summed E-state index contributed by atoms with van der Waals surface area (Å²) in [5.41, 5.74) is -0.433. The van der Waals surface area contributed by atoms with E-state index in [1.54, 1.807) is 12.1 Å². The summed E-state index contributed by atoms with van der Waals surface area (Å²) in [4.78, 5) is 12.0. The minimum Gasteiger partial charge on any atom is -0.374 e. The first-order chi connectivity index (χ1) is 14.8. The molecule has 2 aromatic rings. The zero-order valence-electron chi connectivity index (χ0n) is 17.7. The molecule has 0 saturated carbocycles. The van der Waals surface area contributed by atoms with E-state index >= 15 is 0 Å². The van der Waals surface area contributed by atoms with Gasteiger partial charge in [-0.05, 0) is 26.1 Å². The number of anilines is 1. The Hall–Kier alpha value is -2.01. The number of likely N-dealkylation sites (N-methyl/N-ethyl adjacent to an activating group) is 1. The highest BCUT2D eigenvalue weighted by Crippen LogP contribution is 2.36. The molecule has 4 rings (SSSR count). The molecule has 0 bridgehead atoms. The van der Waals surface area contributed by atoms with Crippen molar-refractivity contribution in [2.24, 2.45) is 0 Å². The van der Waals surface area contributed by atoms with Crippen molar-refractivity contribution in [1.82, 2.24) is 20.2 Å². The van der Waals surface area contributed by atoms with E-state index in [1.165, 1.54) is 12.4 Å². The van der Waals surface area contributed by atoms with Crippen LogP contribution in [-0.2, 0) is 15.7 Å². The van der Waals surface area contributed by atoms with Crippen molar-refractivity contribution in [1.29, 1.82) is 0 Å². The number of morpholine rings is 2. The van der Waals surface area contributed by atoms with Gasteiger partial charge in [0.2, 0.25) is 0 Å². The second-order valence-corrected chi connectivity index (χ2v) is 8.28.